The van der Waals surface area contributed by atoms with Crippen LogP contribution in [0.15, 0.2) is 28.8 Å². The molecule has 0 saturated heterocycles. The van der Waals surface area contributed by atoms with Gasteiger partial charge in [-0.3, -0.25) is 10.1 Å². The molecule has 82 valence electrons. The normalized spacial score (nSPS) is 10.4. The summed E-state index contributed by atoms with van der Waals surface area (Å²) in [4.78, 5) is 9.75. The molecule has 16 heavy (non-hydrogen) atoms. The third-order valence-electron chi connectivity index (χ3n) is 2.06. The van der Waals surface area contributed by atoms with E-state index in [2.05, 4.69) is 5.16 Å². The number of hydrogen-bond acceptors (Lipinski definition) is 4. The molecule has 0 fully saturated rings. The third-order valence-corrected chi connectivity index (χ3v) is 2.06. The minimum absolute atomic E-state index is 0.376. The van der Waals surface area contributed by atoms with Crippen LogP contribution in [0.1, 0.15) is 5.69 Å². The molecule has 1 aromatic carbocycles. The Labute approximate surface area is 89.6 Å². The second kappa shape index (κ2) is 3.73. The molecular formula is C10H7FN2O3. The summed E-state index contributed by atoms with van der Waals surface area (Å²) < 4.78 is 18.0. The molecule has 0 aliphatic rings. The number of nitro groups is 1. The van der Waals surface area contributed by atoms with Gasteiger partial charge in [-0.1, -0.05) is 5.16 Å². The number of hydrogen-bond donors (Lipinski definition) is 0. The van der Waals surface area contributed by atoms with Gasteiger partial charge in [0.25, 0.3) is 0 Å². The lowest BCUT2D eigenvalue weighted by molar-refractivity contribution is -0.387. The molecule has 0 amide bonds. The van der Waals surface area contributed by atoms with Crippen molar-refractivity contribution in [3.63, 3.8) is 0 Å². The first-order valence-corrected chi connectivity index (χ1v) is 4.45. The Morgan fingerprint density at radius 3 is 2.75 bits per heavy atom. The van der Waals surface area contributed by atoms with Gasteiger partial charge in [-0.15, -0.1) is 0 Å². The van der Waals surface area contributed by atoms with E-state index in [9.17, 15) is 14.5 Å². The highest BCUT2D eigenvalue weighted by atomic mass is 19.1. The van der Waals surface area contributed by atoms with Crippen molar-refractivity contribution >= 4 is 5.69 Å². The summed E-state index contributed by atoms with van der Waals surface area (Å²) in [6.45, 7) is 1.73. The van der Waals surface area contributed by atoms with Crippen molar-refractivity contribution in [1.29, 1.82) is 0 Å². The van der Waals surface area contributed by atoms with E-state index in [0.29, 0.717) is 17.0 Å². The van der Waals surface area contributed by atoms with Gasteiger partial charge in [0.05, 0.1) is 10.6 Å². The lowest BCUT2D eigenvalue weighted by Gasteiger charge is -1.97. The monoisotopic (exact) mass is 222 g/mol. The molecular weight excluding hydrogens is 215 g/mol. The van der Waals surface area contributed by atoms with Crippen LogP contribution in [0, 0.1) is 22.9 Å². The maximum absolute atomic E-state index is 13.1. The molecule has 0 bridgehead atoms. The van der Waals surface area contributed by atoms with Gasteiger partial charge in [0.2, 0.25) is 5.82 Å². The van der Waals surface area contributed by atoms with Crippen LogP contribution in [0.25, 0.3) is 11.3 Å². The number of rotatable bonds is 2. The quantitative estimate of drug-likeness (QED) is 0.578. The number of benzene rings is 1. The SMILES string of the molecule is Cc1cc(-c2ccc(F)c([N+](=O)[O-])c2)on1. The molecule has 0 aliphatic carbocycles. The molecule has 0 atom stereocenters. The van der Waals surface area contributed by atoms with Crippen molar-refractivity contribution in [3.8, 4) is 11.3 Å². The lowest BCUT2D eigenvalue weighted by Crippen LogP contribution is -1.92. The summed E-state index contributed by atoms with van der Waals surface area (Å²) in [6.07, 6.45) is 0. The molecule has 1 aromatic heterocycles. The molecule has 6 heteroatoms. The molecule has 2 aromatic rings. The third kappa shape index (κ3) is 1.77. The highest BCUT2D eigenvalue weighted by molar-refractivity contribution is 5.61. The van der Waals surface area contributed by atoms with Crippen LogP contribution in [0.5, 0.6) is 0 Å². The molecule has 2 rings (SSSR count). The Morgan fingerprint density at radius 1 is 1.44 bits per heavy atom. The Balaban J connectivity index is 2.51. The van der Waals surface area contributed by atoms with Crippen molar-refractivity contribution in [2.45, 2.75) is 6.92 Å². The van der Waals surface area contributed by atoms with Crippen LogP contribution in [0.3, 0.4) is 0 Å². The van der Waals surface area contributed by atoms with Gasteiger partial charge in [-0.2, -0.15) is 4.39 Å². The average Bonchev–Trinajstić information content (AvgIpc) is 2.65. The van der Waals surface area contributed by atoms with Crippen LogP contribution in [-0.4, -0.2) is 10.1 Å². The highest BCUT2D eigenvalue weighted by Gasteiger charge is 2.16. The summed E-state index contributed by atoms with van der Waals surface area (Å²) in [5, 5.41) is 14.2. The van der Waals surface area contributed by atoms with Gasteiger partial charge < -0.3 is 4.52 Å². The van der Waals surface area contributed by atoms with E-state index in [-0.39, 0.29) is 0 Å². The molecule has 0 spiro atoms. The smallest absolute Gasteiger partial charge is 0.305 e. The van der Waals surface area contributed by atoms with E-state index >= 15 is 0 Å². The second-order valence-electron chi connectivity index (χ2n) is 3.26. The zero-order valence-electron chi connectivity index (χ0n) is 8.31. The van der Waals surface area contributed by atoms with Gasteiger partial charge in [0.1, 0.15) is 0 Å². The summed E-state index contributed by atoms with van der Waals surface area (Å²) in [6, 6.07) is 5.18. The number of nitro benzene ring substituents is 1. The second-order valence-corrected chi connectivity index (χ2v) is 3.26. The molecule has 0 unspecified atom stereocenters. The maximum Gasteiger partial charge on any atom is 0.305 e. The van der Waals surface area contributed by atoms with Crippen molar-refractivity contribution in [2.75, 3.05) is 0 Å². The maximum atomic E-state index is 13.1. The Morgan fingerprint density at radius 2 is 2.19 bits per heavy atom. The summed E-state index contributed by atoms with van der Waals surface area (Å²) in [7, 11) is 0. The zero-order valence-corrected chi connectivity index (χ0v) is 8.31. The first-order valence-electron chi connectivity index (χ1n) is 4.45. The molecule has 5 nitrogen and oxygen atoms in total. The minimum atomic E-state index is -0.870. The minimum Gasteiger partial charge on any atom is -0.356 e. The summed E-state index contributed by atoms with van der Waals surface area (Å²) >= 11 is 0. The Hall–Kier alpha value is -2.24. The van der Waals surface area contributed by atoms with E-state index in [4.69, 9.17) is 4.52 Å². The fourth-order valence-electron chi connectivity index (χ4n) is 1.31. The number of halogens is 1. The molecule has 0 radical (unpaired) electrons. The van der Waals surface area contributed by atoms with Gasteiger partial charge in [-0.25, -0.2) is 0 Å². The van der Waals surface area contributed by atoms with Gasteiger partial charge in [0, 0.05) is 17.7 Å². The summed E-state index contributed by atoms with van der Waals surface area (Å²) in [5.41, 5.74) is 0.502. The van der Waals surface area contributed by atoms with Crippen LogP contribution in [0.4, 0.5) is 10.1 Å². The van der Waals surface area contributed by atoms with E-state index in [1.165, 1.54) is 6.07 Å². The molecule has 1 heterocycles. The van der Waals surface area contributed by atoms with Crippen molar-refractivity contribution in [3.05, 3.63) is 45.9 Å². The highest BCUT2D eigenvalue weighted by Crippen LogP contribution is 2.26. The number of aryl methyl sites for hydroxylation is 1. The fourth-order valence-corrected chi connectivity index (χ4v) is 1.31. The van der Waals surface area contributed by atoms with Crippen molar-refractivity contribution < 1.29 is 13.8 Å². The first kappa shape index (κ1) is 10.3. The average molecular weight is 222 g/mol. The number of nitrogens with zero attached hydrogens (tertiary/aromatic N) is 2. The van der Waals surface area contributed by atoms with E-state index in [1.807, 2.05) is 0 Å². The van der Waals surface area contributed by atoms with Gasteiger partial charge in [0.15, 0.2) is 5.76 Å². The van der Waals surface area contributed by atoms with Crippen LogP contribution in [0.2, 0.25) is 0 Å². The lowest BCUT2D eigenvalue weighted by atomic mass is 10.1. The van der Waals surface area contributed by atoms with Crippen molar-refractivity contribution in [1.82, 2.24) is 5.16 Å². The van der Waals surface area contributed by atoms with E-state index in [0.717, 1.165) is 12.1 Å². The molecule has 0 aliphatic heterocycles. The zero-order chi connectivity index (χ0) is 11.7. The molecule has 0 saturated carbocycles. The first-order chi connectivity index (χ1) is 7.58. The van der Waals surface area contributed by atoms with Crippen LogP contribution in [-0.2, 0) is 0 Å². The van der Waals surface area contributed by atoms with Crippen LogP contribution < -0.4 is 0 Å². The largest absolute Gasteiger partial charge is 0.356 e. The summed E-state index contributed by atoms with van der Waals surface area (Å²) in [5.74, 6) is -0.495. The fraction of sp³-hybridized carbons (Fsp3) is 0.100. The topological polar surface area (TPSA) is 69.2 Å². The van der Waals surface area contributed by atoms with Crippen LogP contribution >= 0.6 is 0 Å². The Kier molecular flexibility index (Phi) is 2.40. The molecule has 0 N–H and O–H groups in total. The predicted octanol–water partition coefficient (Wildman–Crippen LogP) is 2.70. The predicted molar refractivity (Wildman–Crippen MR) is 53.3 cm³/mol. The van der Waals surface area contributed by atoms with Gasteiger partial charge in [-0.05, 0) is 19.1 Å². The Bertz CT molecular complexity index is 551. The number of aromatic nitrogens is 1. The van der Waals surface area contributed by atoms with E-state index < -0.39 is 16.4 Å². The standard InChI is InChI=1S/C10H7FN2O3/c1-6-4-10(16-12-6)7-2-3-8(11)9(5-7)13(14)15/h2-5H,1H3. The van der Waals surface area contributed by atoms with Gasteiger partial charge >= 0.3 is 5.69 Å². The van der Waals surface area contributed by atoms with E-state index in [1.54, 1.807) is 13.0 Å². The van der Waals surface area contributed by atoms with Crippen molar-refractivity contribution in [2.24, 2.45) is 0 Å².